The Balaban J connectivity index is 1.96. The van der Waals surface area contributed by atoms with Gasteiger partial charge in [-0.05, 0) is 18.4 Å². The molecule has 0 radical (unpaired) electrons. The van der Waals surface area contributed by atoms with Gasteiger partial charge in [-0.3, -0.25) is 4.68 Å². The molecule has 1 heterocycles. The van der Waals surface area contributed by atoms with Gasteiger partial charge in [-0.25, -0.2) is 0 Å². The maximum atomic E-state index is 4.40. The first-order chi connectivity index (χ1) is 9.19. The molecular weight excluding hydrogens is 234 g/mol. The fraction of sp³-hybridized carbons (Fsp3) is 0.438. The van der Waals surface area contributed by atoms with Gasteiger partial charge in [0.1, 0.15) is 0 Å². The zero-order valence-corrected chi connectivity index (χ0v) is 12.0. The molecule has 102 valence electrons. The van der Waals surface area contributed by atoms with Crippen molar-refractivity contribution in [3.8, 4) is 0 Å². The fourth-order valence-electron chi connectivity index (χ4n) is 2.05. The number of hydrogen-bond acceptors (Lipinski definition) is 2. The highest BCUT2D eigenvalue weighted by molar-refractivity contribution is 5.39. The van der Waals surface area contributed by atoms with Gasteiger partial charge in [-0.1, -0.05) is 50.6 Å². The Labute approximate surface area is 115 Å². The molecule has 0 saturated carbocycles. The summed E-state index contributed by atoms with van der Waals surface area (Å²) < 4.78 is 1.97. The van der Waals surface area contributed by atoms with Crippen LogP contribution >= 0.6 is 0 Å². The maximum Gasteiger partial charge on any atom is 0.0728 e. The average Bonchev–Trinajstić information content (AvgIpc) is 2.86. The molecule has 19 heavy (non-hydrogen) atoms. The molecule has 3 nitrogen and oxygen atoms in total. The van der Waals surface area contributed by atoms with Crippen molar-refractivity contribution in [3.63, 3.8) is 0 Å². The van der Waals surface area contributed by atoms with Crippen LogP contribution in [0.2, 0.25) is 0 Å². The number of nitrogens with zero attached hydrogens (tertiary/aromatic N) is 2. The van der Waals surface area contributed by atoms with E-state index in [1.165, 1.54) is 12.0 Å². The Morgan fingerprint density at radius 2 is 1.95 bits per heavy atom. The zero-order valence-electron chi connectivity index (χ0n) is 12.0. The van der Waals surface area contributed by atoms with E-state index in [0.29, 0.717) is 12.0 Å². The highest BCUT2D eigenvalue weighted by Gasteiger charge is 2.10. The lowest BCUT2D eigenvalue weighted by Gasteiger charge is -2.19. The van der Waals surface area contributed by atoms with E-state index in [4.69, 9.17) is 0 Å². The van der Waals surface area contributed by atoms with Crippen molar-refractivity contribution >= 4 is 5.69 Å². The summed E-state index contributed by atoms with van der Waals surface area (Å²) in [4.78, 5) is 0. The average molecular weight is 257 g/mol. The van der Waals surface area contributed by atoms with Gasteiger partial charge in [0, 0.05) is 12.2 Å². The second kappa shape index (κ2) is 6.41. The van der Waals surface area contributed by atoms with Gasteiger partial charge in [-0.15, -0.1) is 0 Å². The van der Waals surface area contributed by atoms with E-state index >= 15 is 0 Å². The van der Waals surface area contributed by atoms with Crippen molar-refractivity contribution < 1.29 is 0 Å². The smallest absolute Gasteiger partial charge is 0.0728 e. The third kappa shape index (κ3) is 3.85. The largest absolute Gasteiger partial charge is 0.380 e. The van der Waals surface area contributed by atoms with Gasteiger partial charge in [0.2, 0.25) is 0 Å². The molecular formula is C16H23N3. The quantitative estimate of drug-likeness (QED) is 0.853. The summed E-state index contributed by atoms with van der Waals surface area (Å²) in [6.07, 6.45) is 5.17. The van der Waals surface area contributed by atoms with E-state index < -0.39 is 0 Å². The highest BCUT2D eigenvalue weighted by atomic mass is 15.3. The van der Waals surface area contributed by atoms with E-state index in [0.717, 1.165) is 12.2 Å². The van der Waals surface area contributed by atoms with Gasteiger partial charge in [-0.2, -0.15) is 5.10 Å². The normalized spacial score (nSPS) is 14.1. The van der Waals surface area contributed by atoms with Crippen LogP contribution in [-0.4, -0.2) is 15.8 Å². The monoisotopic (exact) mass is 257 g/mol. The fourth-order valence-corrected chi connectivity index (χ4v) is 2.05. The van der Waals surface area contributed by atoms with Crippen LogP contribution in [0.5, 0.6) is 0 Å². The number of rotatable bonds is 6. The Morgan fingerprint density at radius 1 is 1.21 bits per heavy atom. The van der Waals surface area contributed by atoms with E-state index in [1.54, 1.807) is 0 Å². The Morgan fingerprint density at radius 3 is 2.63 bits per heavy atom. The van der Waals surface area contributed by atoms with E-state index in [-0.39, 0.29) is 0 Å². The number of hydrogen-bond donors (Lipinski definition) is 1. The van der Waals surface area contributed by atoms with Crippen LogP contribution in [0.25, 0.3) is 0 Å². The van der Waals surface area contributed by atoms with Crippen molar-refractivity contribution in [2.75, 3.05) is 5.32 Å². The van der Waals surface area contributed by atoms with Crippen molar-refractivity contribution in [2.24, 2.45) is 5.92 Å². The molecule has 0 spiro atoms. The predicted molar refractivity (Wildman–Crippen MR) is 80.3 cm³/mol. The molecule has 0 aliphatic heterocycles. The second-order valence-corrected chi connectivity index (χ2v) is 5.23. The summed E-state index contributed by atoms with van der Waals surface area (Å²) in [5, 5.41) is 7.92. The van der Waals surface area contributed by atoms with Crippen LogP contribution in [-0.2, 0) is 6.54 Å². The van der Waals surface area contributed by atoms with Gasteiger partial charge in [0.15, 0.2) is 0 Å². The zero-order chi connectivity index (χ0) is 13.7. The summed E-state index contributed by atoms with van der Waals surface area (Å²) in [5.74, 6) is 0.664. The van der Waals surface area contributed by atoms with Crippen LogP contribution in [0, 0.1) is 5.92 Å². The molecule has 0 saturated heterocycles. The molecule has 0 bridgehead atoms. The summed E-state index contributed by atoms with van der Waals surface area (Å²) in [7, 11) is 0. The van der Waals surface area contributed by atoms with Gasteiger partial charge >= 0.3 is 0 Å². The second-order valence-electron chi connectivity index (χ2n) is 5.23. The molecule has 2 aromatic rings. The molecule has 3 heteroatoms. The first-order valence-corrected chi connectivity index (χ1v) is 7.02. The van der Waals surface area contributed by atoms with Crippen LogP contribution in [0.4, 0.5) is 5.69 Å². The standard InChI is InChI=1S/C16H23N3/c1-4-13(2)14(3)18-16-10-17-19(12-16)11-15-8-6-5-7-9-15/h5-10,12-14,18H,4,11H2,1-3H3. The van der Waals surface area contributed by atoms with Crippen molar-refractivity contribution in [1.29, 1.82) is 0 Å². The van der Waals surface area contributed by atoms with E-state index in [2.05, 4.69) is 61.6 Å². The third-order valence-corrected chi connectivity index (χ3v) is 3.71. The van der Waals surface area contributed by atoms with Crippen LogP contribution in [0.15, 0.2) is 42.7 Å². The lowest BCUT2D eigenvalue weighted by molar-refractivity contribution is 0.494. The number of aromatic nitrogens is 2. The summed E-state index contributed by atoms with van der Waals surface area (Å²) in [5.41, 5.74) is 2.37. The molecule has 2 unspecified atom stereocenters. The van der Waals surface area contributed by atoms with Crippen molar-refractivity contribution in [1.82, 2.24) is 9.78 Å². The first-order valence-electron chi connectivity index (χ1n) is 7.02. The van der Waals surface area contributed by atoms with Crippen LogP contribution < -0.4 is 5.32 Å². The topological polar surface area (TPSA) is 29.9 Å². The Hall–Kier alpha value is -1.77. The Bertz CT molecular complexity index is 490. The molecule has 0 amide bonds. The van der Waals surface area contributed by atoms with Crippen molar-refractivity contribution in [3.05, 3.63) is 48.3 Å². The first kappa shape index (κ1) is 13.7. The van der Waals surface area contributed by atoms with E-state index in [1.807, 2.05) is 16.9 Å². The molecule has 0 aliphatic rings. The van der Waals surface area contributed by atoms with Gasteiger partial charge in [0.05, 0.1) is 18.4 Å². The maximum absolute atomic E-state index is 4.40. The summed E-state index contributed by atoms with van der Waals surface area (Å²) in [6.45, 7) is 7.54. The number of nitrogens with one attached hydrogen (secondary N) is 1. The van der Waals surface area contributed by atoms with Crippen LogP contribution in [0.3, 0.4) is 0 Å². The Kier molecular flexibility index (Phi) is 4.61. The molecule has 2 atom stereocenters. The minimum atomic E-state index is 0.472. The highest BCUT2D eigenvalue weighted by Crippen LogP contribution is 2.14. The minimum Gasteiger partial charge on any atom is -0.380 e. The summed E-state index contributed by atoms with van der Waals surface area (Å²) >= 11 is 0. The predicted octanol–water partition coefficient (Wildman–Crippen LogP) is 3.78. The lowest BCUT2D eigenvalue weighted by atomic mass is 10.0. The van der Waals surface area contributed by atoms with Gasteiger partial charge in [0.25, 0.3) is 0 Å². The molecule has 1 aromatic heterocycles. The molecule has 2 rings (SSSR count). The molecule has 0 fully saturated rings. The van der Waals surface area contributed by atoms with Crippen molar-refractivity contribution in [2.45, 2.75) is 39.8 Å². The number of anilines is 1. The SMILES string of the molecule is CCC(C)C(C)Nc1cnn(Cc2ccccc2)c1. The van der Waals surface area contributed by atoms with E-state index in [9.17, 15) is 0 Å². The third-order valence-electron chi connectivity index (χ3n) is 3.71. The minimum absolute atomic E-state index is 0.472. The lowest BCUT2D eigenvalue weighted by Crippen LogP contribution is -2.22. The molecule has 1 aromatic carbocycles. The molecule has 1 N–H and O–H groups in total. The molecule has 0 aliphatic carbocycles. The van der Waals surface area contributed by atoms with Gasteiger partial charge < -0.3 is 5.32 Å². The summed E-state index contributed by atoms with van der Waals surface area (Å²) in [6, 6.07) is 10.9. The van der Waals surface area contributed by atoms with Crippen LogP contribution in [0.1, 0.15) is 32.8 Å². The number of benzene rings is 1.